The summed E-state index contributed by atoms with van der Waals surface area (Å²) in [5.74, 6) is 1.28. The number of nitrogens with zero attached hydrogens (tertiary/aromatic N) is 2. The summed E-state index contributed by atoms with van der Waals surface area (Å²) in [4.78, 5) is 16.2. The van der Waals surface area contributed by atoms with Gasteiger partial charge in [-0.05, 0) is 55.0 Å². The van der Waals surface area contributed by atoms with Gasteiger partial charge in [-0.3, -0.25) is 0 Å². The summed E-state index contributed by atoms with van der Waals surface area (Å²) in [6, 6.07) is 12.4. The smallest absolute Gasteiger partial charge is 0.331 e. The molecule has 0 amide bonds. The highest BCUT2D eigenvalue weighted by molar-refractivity contribution is 6.30. The van der Waals surface area contributed by atoms with Crippen molar-refractivity contribution in [1.29, 1.82) is 0 Å². The topological polar surface area (TPSA) is 83.7 Å². The van der Waals surface area contributed by atoms with Crippen molar-refractivity contribution in [2.24, 2.45) is 0 Å². The van der Waals surface area contributed by atoms with E-state index in [-0.39, 0.29) is 12.5 Å². The number of carbonyl (C=O) groups is 1. The Morgan fingerprint density at radius 1 is 1.17 bits per heavy atom. The molecule has 0 spiro atoms. The third-order valence-electron chi connectivity index (χ3n) is 3.81. The summed E-state index contributed by atoms with van der Waals surface area (Å²) in [5.41, 5.74) is 1.52. The van der Waals surface area contributed by atoms with Gasteiger partial charge in [-0.1, -0.05) is 22.8 Å². The molecule has 3 aromatic rings. The maximum absolute atomic E-state index is 12.0. The van der Waals surface area contributed by atoms with Gasteiger partial charge in [0.1, 0.15) is 0 Å². The van der Waals surface area contributed by atoms with Crippen LogP contribution in [0.15, 0.2) is 53.1 Å². The Kier molecular flexibility index (Phi) is 6.86. The second-order valence-corrected chi connectivity index (χ2v) is 6.24. The van der Waals surface area contributed by atoms with E-state index >= 15 is 0 Å². The minimum Gasteiger partial charge on any atom is -0.493 e. The van der Waals surface area contributed by atoms with E-state index in [0.717, 1.165) is 11.1 Å². The molecule has 0 fully saturated rings. The lowest BCUT2D eigenvalue weighted by Gasteiger charge is -2.09. The molecule has 1 aromatic heterocycles. The van der Waals surface area contributed by atoms with Crippen molar-refractivity contribution >= 4 is 23.6 Å². The minimum absolute atomic E-state index is 0.129. The monoisotopic (exact) mass is 414 g/mol. The normalized spacial score (nSPS) is 10.9. The largest absolute Gasteiger partial charge is 0.493 e. The average Bonchev–Trinajstić information content (AvgIpc) is 3.21. The van der Waals surface area contributed by atoms with E-state index in [2.05, 4.69) is 10.1 Å². The molecule has 0 saturated carbocycles. The van der Waals surface area contributed by atoms with Gasteiger partial charge in [-0.25, -0.2) is 4.79 Å². The lowest BCUT2D eigenvalue weighted by molar-refractivity contribution is -0.139. The first-order valence-corrected chi connectivity index (χ1v) is 9.21. The zero-order valence-corrected chi connectivity index (χ0v) is 16.7. The highest BCUT2D eigenvalue weighted by Gasteiger charge is 2.10. The van der Waals surface area contributed by atoms with Gasteiger partial charge in [0.25, 0.3) is 5.89 Å². The predicted molar refractivity (Wildman–Crippen MR) is 108 cm³/mol. The molecule has 8 heteroatoms. The first kappa shape index (κ1) is 20.4. The molecule has 0 radical (unpaired) electrons. The quantitative estimate of drug-likeness (QED) is 0.394. The maximum atomic E-state index is 12.0. The van der Waals surface area contributed by atoms with Crippen LogP contribution in [0.4, 0.5) is 0 Å². The lowest BCUT2D eigenvalue weighted by Crippen LogP contribution is -2.01. The van der Waals surface area contributed by atoms with Crippen LogP contribution in [0.3, 0.4) is 0 Å². The number of hydrogen-bond acceptors (Lipinski definition) is 7. The molecule has 3 rings (SSSR count). The van der Waals surface area contributed by atoms with Crippen molar-refractivity contribution in [1.82, 2.24) is 10.1 Å². The SMILES string of the molecule is CCOc1ccc(/C=C/C(=O)OCc2nc(-c3ccc(Cl)cc3)no2)cc1OC. The third kappa shape index (κ3) is 5.58. The van der Waals surface area contributed by atoms with Crippen LogP contribution < -0.4 is 9.47 Å². The number of aromatic nitrogens is 2. The number of carbonyl (C=O) groups excluding carboxylic acids is 1. The first-order chi connectivity index (χ1) is 14.1. The van der Waals surface area contributed by atoms with E-state index in [0.29, 0.717) is 29.0 Å². The van der Waals surface area contributed by atoms with Crippen molar-refractivity contribution in [2.45, 2.75) is 13.5 Å². The van der Waals surface area contributed by atoms with Crippen LogP contribution in [0.25, 0.3) is 17.5 Å². The van der Waals surface area contributed by atoms with Gasteiger partial charge < -0.3 is 18.7 Å². The predicted octanol–water partition coefficient (Wildman–Crippen LogP) is 4.55. The molecule has 150 valence electrons. The molecule has 29 heavy (non-hydrogen) atoms. The van der Waals surface area contributed by atoms with Crippen LogP contribution in [0.5, 0.6) is 11.5 Å². The molecule has 0 N–H and O–H groups in total. The fourth-order valence-electron chi connectivity index (χ4n) is 2.44. The summed E-state index contributed by atoms with van der Waals surface area (Å²) in [7, 11) is 1.56. The maximum Gasteiger partial charge on any atom is 0.331 e. The first-order valence-electron chi connectivity index (χ1n) is 8.83. The van der Waals surface area contributed by atoms with Gasteiger partial charge in [-0.2, -0.15) is 4.98 Å². The van der Waals surface area contributed by atoms with Crippen LogP contribution in [-0.4, -0.2) is 29.8 Å². The van der Waals surface area contributed by atoms with Gasteiger partial charge in [0.2, 0.25) is 5.82 Å². The zero-order chi connectivity index (χ0) is 20.6. The highest BCUT2D eigenvalue weighted by Crippen LogP contribution is 2.28. The van der Waals surface area contributed by atoms with Crippen molar-refractivity contribution < 1.29 is 23.5 Å². The molecule has 1 heterocycles. The summed E-state index contributed by atoms with van der Waals surface area (Å²) in [5, 5.41) is 4.48. The van der Waals surface area contributed by atoms with Gasteiger partial charge in [0, 0.05) is 16.7 Å². The number of esters is 1. The second kappa shape index (κ2) is 9.75. The van der Waals surface area contributed by atoms with Gasteiger partial charge >= 0.3 is 5.97 Å². The Balaban J connectivity index is 1.57. The summed E-state index contributed by atoms with van der Waals surface area (Å²) in [6.07, 6.45) is 2.93. The Bertz CT molecular complexity index is 999. The van der Waals surface area contributed by atoms with Crippen LogP contribution in [0.1, 0.15) is 18.4 Å². The molecule has 7 nitrogen and oxygen atoms in total. The fourth-order valence-corrected chi connectivity index (χ4v) is 2.56. The molecule has 0 saturated heterocycles. The number of halogens is 1. The van der Waals surface area contributed by atoms with Gasteiger partial charge in [0.15, 0.2) is 18.1 Å². The minimum atomic E-state index is -0.538. The average molecular weight is 415 g/mol. The van der Waals surface area contributed by atoms with Crippen LogP contribution in [-0.2, 0) is 16.1 Å². The van der Waals surface area contributed by atoms with Crippen molar-refractivity contribution in [2.75, 3.05) is 13.7 Å². The second-order valence-electron chi connectivity index (χ2n) is 5.80. The van der Waals surface area contributed by atoms with E-state index in [1.165, 1.54) is 6.08 Å². The standard InChI is InChI=1S/C21H19ClN2O5/c1-3-27-17-10-4-14(12-18(17)26-2)5-11-20(25)28-13-19-23-21(24-29-19)15-6-8-16(22)9-7-15/h4-12H,3,13H2,1-2H3/b11-5+. The molecule has 0 bridgehead atoms. The van der Waals surface area contributed by atoms with E-state index < -0.39 is 5.97 Å². The molecule has 0 unspecified atom stereocenters. The van der Waals surface area contributed by atoms with Crippen molar-refractivity contribution in [3.8, 4) is 22.9 Å². The molecule has 0 aliphatic carbocycles. The molecule has 0 atom stereocenters. The Labute approximate surface area is 172 Å². The van der Waals surface area contributed by atoms with Gasteiger partial charge in [0.05, 0.1) is 13.7 Å². The highest BCUT2D eigenvalue weighted by atomic mass is 35.5. The molecular formula is C21H19ClN2O5. The number of ether oxygens (including phenoxy) is 3. The van der Waals surface area contributed by atoms with Crippen LogP contribution >= 0.6 is 11.6 Å². The number of methoxy groups -OCH3 is 1. The molecule has 2 aromatic carbocycles. The third-order valence-corrected chi connectivity index (χ3v) is 4.06. The number of rotatable bonds is 8. The van der Waals surface area contributed by atoms with E-state index in [1.807, 2.05) is 13.0 Å². The van der Waals surface area contributed by atoms with Crippen LogP contribution in [0.2, 0.25) is 5.02 Å². The van der Waals surface area contributed by atoms with E-state index in [1.54, 1.807) is 49.6 Å². The van der Waals surface area contributed by atoms with Crippen molar-refractivity contribution in [3.05, 3.63) is 65.0 Å². The number of benzene rings is 2. The number of hydrogen-bond donors (Lipinski definition) is 0. The van der Waals surface area contributed by atoms with Gasteiger partial charge in [-0.15, -0.1) is 0 Å². The molecular weight excluding hydrogens is 396 g/mol. The molecule has 0 aliphatic rings. The van der Waals surface area contributed by atoms with Crippen molar-refractivity contribution in [3.63, 3.8) is 0 Å². The summed E-state index contributed by atoms with van der Waals surface area (Å²) >= 11 is 5.86. The van der Waals surface area contributed by atoms with E-state index in [9.17, 15) is 4.79 Å². The zero-order valence-electron chi connectivity index (χ0n) is 15.9. The van der Waals surface area contributed by atoms with E-state index in [4.69, 9.17) is 30.3 Å². The Morgan fingerprint density at radius 3 is 2.69 bits per heavy atom. The summed E-state index contributed by atoms with van der Waals surface area (Å²) in [6.45, 7) is 2.30. The molecule has 0 aliphatic heterocycles. The Hall–Kier alpha value is -3.32. The Morgan fingerprint density at radius 2 is 1.97 bits per heavy atom. The van der Waals surface area contributed by atoms with Crippen LogP contribution in [0, 0.1) is 0 Å². The summed E-state index contributed by atoms with van der Waals surface area (Å²) < 4.78 is 21.0. The fraction of sp³-hybridized carbons (Fsp3) is 0.190. The lowest BCUT2D eigenvalue weighted by atomic mass is 10.2.